The van der Waals surface area contributed by atoms with Crippen molar-refractivity contribution in [1.29, 1.82) is 0 Å². The minimum atomic E-state index is -4.40. The third kappa shape index (κ3) is 4.19. The molecule has 1 aromatic carbocycles. The molecule has 0 aliphatic rings. The maximum Gasteiger partial charge on any atom is 0.405 e. The zero-order valence-corrected chi connectivity index (χ0v) is 10.0. The summed E-state index contributed by atoms with van der Waals surface area (Å²) in [5, 5.41) is 8.82. The summed E-state index contributed by atoms with van der Waals surface area (Å²) >= 11 is 5.82. The molecule has 7 heteroatoms. The predicted molar refractivity (Wildman–Crippen MR) is 62.2 cm³/mol. The molecule has 1 N–H and O–H groups in total. The maximum absolute atomic E-state index is 12.4. The second kappa shape index (κ2) is 6.06. The van der Waals surface area contributed by atoms with E-state index < -0.39 is 19.3 Å². The van der Waals surface area contributed by atoms with Crippen LogP contribution >= 0.6 is 11.6 Å². The van der Waals surface area contributed by atoms with Crippen molar-refractivity contribution in [3.63, 3.8) is 0 Å². The SMILES string of the molecule is O=Cc1ccc(N(CCO)CC(F)(F)F)c(Cl)c1. The van der Waals surface area contributed by atoms with E-state index in [-0.39, 0.29) is 22.8 Å². The van der Waals surface area contributed by atoms with Crippen LogP contribution in [0.3, 0.4) is 0 Å². The number of aliphatic hydroxyl groups is 1. The van der Waals surface area contributed by atoms with Crippen molar-refractivity contribution in [3.8, 4) is 0 Å². The van der Waals surface area contributed by atoms with E-state index in [9.17, 15) is 18.0 Å². The second-order valence-corrected chi connectivity index (χ2v) is 4.00. The lowest BCUT2D eigenvalue weighted by atomic mass is 10.2. The fourth-order valence-corrected chi connectivity index (χ4v) is 1.78. The normalized spacial score (nSPS) is 11.4. The Kier molecular flexibility index (Phi) is 4.98. The Hall–Kier alpha value is -1.27. The molecule has 0 atom stereocenters. The number of carbonyl (C=O) groups excluding carboxylic acids is 1. The molecule has 0 radical (unpaired) electrons. The topological polar surface area (TPSA) is 40.5 Å². The molecule has 0 saturated heterocycles. The van der Waals surface area contributed by atoms with Gasteiger partial charge in [-0.1, -0.05) is 11.6 Å². The molecule has 0 heterocycles. The van der Waals surface area contributed by atoms with Crippen LogP contribution in [0.25, 0.3) is 0 Å². The van der Waals surface area contributed by atoms with Crippen LogP contribution < -0.4 is 4.90 Å². The quantitative estimate of drug-likeness (QED) is 0.843. The summed E-state index contributed by atoms with van der Waals surface area (Å²) < 4.78 is 37.1. The molecule has 18 heavy (non-hydrogen) atoms. The van der Waals surface area contributed by atoms with Crippen LogP contribution in [-0.4, -0.2) is 37.3 Å². The average Bonchev–Trinajstić information content (AvgIpc) is 2.26. The van der Waals surface area contributed by atoms with E-state index in [0.717, 1.165) is 4.90 Å². The first-order valence-corrected chi connectivity index (χ1v) is 5.42. The Morgan fingerprint density at radius 1 is 1.39 bits per heavy atom. The minimum absolute atomic E-state index is 0.0392. The van der Waals surface area contributed by atoms with E-state index in [0.29, 0.717) is 6.29 Å². The van der Waals surface area contributed by atoms with Crippen molar-refractivity contribution in [1.82, 2.24) is 0 Å². The Morgan fingerprint density at radius 3 is 2.50 bits per heavy atom. The van der Waals surface area contributed by atoms with Crippen molar-refractivity contribution in [3.05, 3.63) is 28.8 Å². The molecule has 0 amide bonds. The molecular weight excluding hydrogens is 271 g/mol. The highest BCUT2D eigenvalue weighted by molar-refractivity contribution is 6.33. The first-order valence-electron chi connectivity index (χ1n) is 5.04. The van der Waals surface area contributed by atoms with Gasteiger partial charge in [0.1, 0.15) is 12.8 Å². The summed E-state index contributed by atoms with van der Waals surface area (Å²) in [7, 11) is 0. The van der Waals surface area contributed by atoms with Gasteiger partial charge in [-0.2, -0.15) is 13.2 Å². The zero-order chi connectivity index (χ0) is 13.8. The lowest BCUT2D eigenvalue weighted by Crippen LogP contribution is -2.36. The fourth-order valence-electron chi connectivity index (χ4n) is 1.47. The molecule has 0 saturated carbocycles. The number of benzene rings is 1. The summed E-state index contributed by atoms with van der Waals surface area (Å²) in [6.07, 6.45) is -3.85. The average molecular weight is 282 g/mol. The van der Waals surface area contributed by atoms with Crippen molar-refractivity contribution >= 4 is 23.6 Å². The van der Waals surface area contributed by atoms with Crippen LogP contribution in [-0.2, 0) is 0 Å². The molecule has 1 aromatic rings. The smallest absolute Gasteiger partial charge is 0.395 e. The highest BCUT2D eigenvalue weighted by Crippen LogP contribution is 2.29. The van der Waals surface area contributed by atoms with Crippen LogP contribution in [0.2, 0.25) is 5.02 Å². The molecular formula is C11H11ClF3NO2. The standard InChI is InChI=1S/C11H11ClF3NO2/c12-9-5-8(6-18)1-2-10(9)16(3-4-17)7-11(13,14)15/h1-2,5-6,17H,3-4,7H2. The molecule has 1 rings (SSSR count). The van der Waals surface area contributed by atoms with E-state index in [1.165, 1.54) is 18.2 Å². The molecule has 0 aliphatic heterocycles. The second-order valence-electron chi connectivity index (χ2n) is 3.59. The number of aldehydes is 1. The molecule has 0 unspecified atom stereocenters. The molecule has 100 valence electrons. The number of rotatable bonds is 5. The van der Waals surface area contributed by atoms with Gasteiger partial charge in [0.15, 0.2) is 0 Å². The largest absolute Gasteiger partial charge is 0.405 e. The van der Waals surface area contributed by atoms with Crippen LogP contribution in [0, 0.1) is 0 Å². The summed E-state index contributed by atoms with van der Waals surface area (Å²) in [6.45, 7) is -1.84. The monoisotopic (exact) mass is 281 g/mol. The van der Waals surface area contributed by atoms with E-state index in [1.807, 2.05) is 0 Å². The van der Waals surface area contributed by atoms with Gasteiger partial charge in [-0.3, -0.25) is 4.79 Å². The number of anilines is 1. The Morgan fingerprint density at radius 2 is 2.06 bits per heavy atom. The van der Waals surface area contributed by atoms with E-state index in [4.69, 9.17) is 16.7 Å². The van der Waals surface area contributed by atoms with Crippen molar-refractivity contribution < 1.29 is 23.1 Å². The van der Waals surface area contributed by atoms with E-state index in [2.05, 4.69) is 0 Å². The van der Waals surface area contributed by atoms with Crippen LogP contribution in [0.5, 0.6) is 0 Å². The lowest BCUT2D eigenvalue weighted by molar-refractivity contribution is -0.119. The van der Waals surface area contributed by atoms with Gasteiger partial charge >= 0.3 is 6.18 Å². The number of aliphatic hydroxyl groups excluding tert-OH is 1. The Bertz CT molecular complexity index is 423. The van der Waals surface area contributed by atoms with Crippen LogP contribution in [0.1, 0.15) is 10.4 Å². The number of carbonyl (C=O) groups is 1. The molecule has 0 fully saturated rings. The predicted octanol–water partition coefficient (Wildman–Crippen LogP) is 2.51. The first kappa shape index (κ1) is 14.8. The van der Waals surface area contributed by atoms with Crippen LogP contribution in [0.15, 0.2) is 18.2 Å². The summed E-state index contributed by atoms with van der Waals surface area (Å²) in [4.78, 5) is 11.4. The third-order valence-corrected chi connectivity index (χ3v) is 2.49. The molecule has 0 aromatic heterocycles. The Balaban J connectivity index is 3.01. The van der Waals surface area contributed by atoms with Gasteiger partial charge in [0, 0.05) is 12.1 Å². The van der Waals surface area contributed by atoms with Gasteiger partial charge in [0.05, 0.1) is 17.3 Å². The van der Waals surface area contributed by atoms with Crippen molar-refractivity contribution in [2.75, 3.05) is 24.6 Å². The van der Waals surface area contributed by atoms with Crippen LogP contribution in [0.4, 0.5) is 18.9 Å². The number of hydrogen-bond acceptors (Lipinski definition) is 3. The number of halogens is 4. The van der Waals surface area contributed by atoms with Gasteiger partial charge in [0.25, 0.3) is 0 Å². The molecule has 0 bridgehead atoms. The number of hydrogen-bond donors (Lipinski definition) is 1. The van der Waals surface area contributed by atoms with E-state index in [1.54, 1.807) is 0 Å². The highest BCUT2D eigenvalue weighted by atomic mass is 35.5. The summed E-state index contributed by atoms with van der Waals surface area (Å²) in [5.74, 6) is 0. The summed E-state index contributed by atoms with van der Waals surface area (Å²) in [6, 6.07) is 3.98. The molecule has 3 nitrogen and oxygen atoms in total. The molecule has 0 aliphatic carbocycles. The van der Waals surface area contributed by atoms with Gasteiger partial charge in [-0.05, 0) is 18.2 Å². The van der Waals surface area contributed by atoms with Gasteiger partial charge in [-0.15, -0.1) is 0 Å². The van der Waals surface area contributed by atoms with Crippen molar-refractivity contribution in [2.24, 2.45) is 0 Å². The van der Waals surface area contributed by atoms with E-state index >= 15 is 0 Å². The number of alkyl halides is 3. The summed E-state index contributed by atoms with van der Waals surface area (Å²) in [5.41, 5.74) is 0.411. The lowest BCUT2D eigenvalue weighted by Gasteiger charge is -2.26. The van der Waals surface area contributed by atoms with Gasteiger partial charge < -0.3 is 10.0 Å². The fraction of sp³-hybridized carbons (Fsp3) is 0.364. The van der Waals surface area contributed by atoms with Crippen molar-refractivity contribution in [2.45, 2.75) is 6.18 Å². The van der Waals surface area contributed by atoms with Gasteiger partial charge in [-0.25, -0.2) is 0 Å². The zero-order valence-electron chi connectivity index (χ0n) is 9.25. The highest BCUT2D eigenvalue weighted by Gasteiger charge is 2.31. The van der Waals surface area contributed by atoms with Gasteiger partial charge in [0.2, 0.25) is 0 Å². The third-order valence-electron chi connectivity index (χ3n) is 2.19. The molecule has 0 spiro atoms. The Labute approximate surface area is 107 Å². The minimum Gasteiger partial charge on any atom is -0.395 e. The first-order chi connectivity index (χ1) is 8.37. The maximum atomic E-state index is 12.4. The number of nitrogens with zero attached hydrogens (tertiary/aromatic N) is 1.